The SMILES string of the molecule is Nc1ncnc2c1c(-c1ccc(Oc3ccccc3)cc1)nn2C1CCN(C(=O)CSc2cccc3c2CN(C2CCC(=O)NC2=O)C3=O)CC1. The molecule has 4 amide bonds. The second-order valence-corrected chi connectivity index (χ2v) is 13.8. The van der Waals surface area contributed by atoms with Crippen LogP contribution >= 0.6 is 11.8 Å². The van der Waals surface area contributed by atoms with Gasteiger partial charge in [-0.3, -0.25) is 24.5 Å². The van der Waals surface area contributed by atoms with Crippen LogP contribution in [-0.2, 0) is 20.9 Å². The summed E-state index contributed by atoms with van der Waals surface area (Å²) < 4.78 is 7.89. The number of anilines is 1. The molecular weight excluding hydrogens is 669 g/mol. The number of para-hydroxylation sites is 1. The number of thioether (sulfide) groups is 1. The molecule has 0 radical (unpaired) electrons. The Labute approximate surface area is 297 Å². The number of hydrogen-bond acceptors (Lipinski definition) is 10. The number of amides is 4. The Bertz CT molecular complexity index is 2170. The predicted octanol–water partition coefficient (Wildman–Crippen LogP) is 4.58. The van der Waals surface area contributed by atoms with Crippen LogP contribution < -0.4 is 15.8 Å². The molecule has 2 fully saturated rings. The van der Waals surface area contributed by atoms with Gasteiger partial charge in [-0.1, -0.05) is 24.3 Å². The van der Waals surface area contributed by atoms with E-state index in [4.69, 9.17) is 15.6 Å². The highest BCUT2D eigenvalue weighted by Crippen LogP contribution is 2.37. The van der Waals surface area contributed by atoms with Crippen LogP contribution in [0.5, 0.6) is 11.5 Å². The fourth-order valence-corrected chi connectivity index (χ4v) is 8.03. The van der Waals surface area contributed by atoms with Gasteiger partial charge in [-0.25, -0.2) is 14.6 Å². The van der Waals surface area contributed by atoms with Gasteiger partial charge in [-0.15, -0.1) is 11.8 Å². The number of nitrogen functional groups attached to an aromatic ring is 1. The van der Waals surface area contributed by atoms with Crippen LogP contribution in [0.2, 0.25) is 0 Å². The summed E-state index contributed by atoms with van der Waals surface area (Å²) in [5.41, 5.74) is 9.92. The van der Waals surface area contributed by atoms with Crippen LogP contribution in [0.4, 0.5) is 5.82 Å². The van der Waals surface area contributed by atoms with Crippen LogP contribution in [0.25, 0.3) is 22.3 Å². The van der Waals surface area contributed by atoms with E-state index in [-0.39, 0.29) is 42.5 Å². The summed E-state index contributed by atoms with van der Waals surface area (Å²) in [5, 5.41) is 8.03. The van der Waals surface area contributed by atoms with Gasteiger partial charge in [0.05, 0.1) is 17.2 Å². The Morgan fingerprint density at radius 2 is 1.69 bits per heavy atom. The van der Waals surface area contributed by atoms with Crippen molar-refractivity contribution in [1.82, 2.24) is 34.9 Å². The number of aromatic nitrogens is 4. The van der Waals surface area contributed by atoms with Crippen molar-refractivity contribution in [2.75, 3.05) is 24.6 Å². The highest BCUT2D eigenvalue weighted by molar-refractivity contribution is 8.00. The maximum absolute atomic E-state index is 13.4. The van der Waals surface area contributed by atoms with E-state index in [1.165, 1.54) is 23.0 Å². The van der Waals surface area contributed by atoms with Crippen LogP contribution in [0.15, 0.2) is 84.0 Å². The maximum atomic E-state index is 13.4. The lowest BCUT2D eigenvalue weighted by Crippen LogP contribution is -2.52. The summed E-state index contributed by atoms with van der Waals surface area (Å²) in [7, 11) is 0. The molecule has 1 unspecified atom stereocenters. The predicted molar refractivity (Wildman–Crippen MR) is 190 cm³/mol. The lowest BCUT2D eigenvalue weighted by Gasteiger charge is -2.32. The number of carbonyl (C=O) groups excluding carboxylic acids is 4. The molecule has 5 heterocycles. The van der Waals surface area contributed by atoms with Gasteiger partial charge in [0.1, 0.15) is 35.4 Å². The average molecular weight is 703 g/mol. The number of nitrogens with two attached hydrogens (primary N) is 1. The van der Waals surface area contributed by atoms with E-state index in [2.05, 4.69) is 15.3 Å². The Hall–Kier alpha value is -5.76. The van der Waals surface area contributed by atoms with Crippen molar-refractivity contribution in [3.63, 3.8) is 0 Å². The number of benzene rings is 3. The minimum absolute atomic E-state index is 0.00890. The molecule has 2 aromatic heterocycles. The number of fused-ring (bicyclic) bond motifs is 2. The van der Waals surface area contributed by atoms with Crippen molar-refractivity contribution >= 4 is 52.2 Å². The quantitative estimate of drug-likeness (QED) is 0.173. The van der Waals surface area contributed by atoms with Gasteiger partial charge in [0.25, 0.3) is 5.91 Å². The highest BCUT2D eigenvalue weighted by Gasteiger charge is 2.40. The molecule has 0 saturated carbocycles. The summed E-state index contributed by atoms with van der Waals surface area (Å²) in [4.78, 5) is 63.8. The van der Waals surface area contributed by atoms with Gasteiger partial charge in [-0.2, -0.15) is 5.10 Å². The van der Waals surface area contributed by atoms with Crippen molar-refractivity contribution in [3.05, 3.63) is 90.3 Å². The molecule has 258 valence electrons. The van der Waals surface area contributed by atoms with Crippen molar-refractivity contribution in [1.29, 1.82) is 0 Å². The zero-order valence-electron chi connectivity index (χ0n) is 27.5. The molecule has 2 saturated heterocycles. The number of piperidine rings is 2. The summed E-state index contributed by atoms with van der Waals surface area (Å²) in [6.07, 6.45) is 3.33. The Morgan fingerprint density at radius 3 is 2.45 bits per heavy atom. The minimum Gasteiger partial charge on any atom is -0.457 e. The second-order valence-electron chi connectivity index (χ2n) is 12.8. The van der Waals surface area contributed by atoms with E-state index >= 15 is 0 Å². The topological polar surface area (TPSA) is 166 Å². The van der Waals surface area contributed by atoms with Gasteiger partial charge in [-0.05, 0) is 73.4 Å². The minimum atomic E-state index is -0.686. The molecular formula is C37H34N8O5S. The zero-order chi connectivity index (χ0) is 35.1. The normalized spacial score (nSPS) is 17.9. The number of hydrogen-bond donors (Lipinski definition) is 2. The fourth-order valence-electron chi connectivity index (χ4n) is 7.04. The van der Waals surface area contributed by atoms with E-state index < -0.39 is 11.9 Å². The van der Waals surface area contributed by atoms with Gasteiger partial charge in [0.15, 0.2) is 5.65 Å². The Balaban J connectivity index is 0.923. The van der Waals surface area contributed by atoms with Crippen molar-refractivity contribution in [3.8, 4) is 22.8 Å². The number of nitrogens with one attached hydrogen (secondary N) is 1. The number of likely N-dealkylation sites (tertiary alicyclic amines) is 1. The van der Waals surface area contributed by atoms with E-state index in [0.29, 0.717) is 66.2 Å². The molecule has 0 spiro atoms. The summed E-state index contributed by atoms with van der Waals surface area (Å²) in [6.45, 7) is 1.38. The first kappa shape index (κ1) is 32.4. The van der Waals surface area contributed by atoms with Gasteiger partial charge >= 0.3 is 0 Å². The standard InChI is InChI=1S/C37H34N8O5S/c38-34-32-33(22-9-11-25(12-10-22)50-24-5-2-1-3-6-24)42-45(35(32)40-21-39-34)23-15-17-43(18-16-23)31(47)20-51-29-8-4-7-26-27(29)19-44(37(26)49)28-13-14-30(46)41-36(28)48/h1-12,21,23,28H,13-20H2,(H2,38,39,40)(H,41,46,48). The Morgan fingerprint density at radius 1 is 0.922 bits per heavy atom. The second kappa shape index (κ2) is 13.5. The lowest BCUT2D eigenvalue weighted by molar-refractivity contribution is -0.137. The largest absolute Gasteiger partial charge is 0.457 e. The van der Waals surface area contributed by atoms with Gasteiger partial charge < -0.3 is 20.3 Å². The summed E-state index contributed by atoms with van der Waals surface area (Å²) in [5.74, 6) is 1.03. The molecule has 0 bridgehead atoms. The molecule has 8 rings (SSSR count). The number of carbonyl (C=O) groups is 4. The molecule has 3 aliphatic rings. The third-order valence-electron chi connectivity index (χ3n) is 9.68. The van der Waals surface area contributed by atoms with Crippen LogP contribution in [0.1, 0.15) is 47.6 Å². The molecule has 1 atom stereocenters. The first-order chi connectivity index (χ1) is 24.8. The average Bonchev–Trinajstić information content (AvgIpc) is 3.71. The van der Waals surface area contributed by atoms with E-state index in [9.17, 15) is 19.2 Å². The number of rotatable bonds is 8. The molecule has 13 nitrogen and oxygen atoms in total. The summed E-state index contributed by atoms with van der Waals surface area (Å²) in [6, 6.07) is 22.0. The van der Waals surface area contributed by atoms with Crippen LogP contribution in [0.3, 0.4) is 0 Å². The van der Waals surface area contributed by atoms with Crippen molar-refractivity contribution < 1.29 is 23.9 Å². The van der Waals surface area contributed by atoms with E-state index in [1.54, 1.807) is 12.1 Å². The van der Waals surface area contributed by atoms with E-state index in [0.717, 1.165) is 21.8 Å². The number of ether oxygens (including phenoxy) is 1. The monoisotopic (exact) mass is 702 g/mol. The lowest BCUT2D eigenvalue weighted by atomic mass is 10.0. The Kier molecular flexibility index (Phi) is 8.60. The molecule has 3 aliphatic heterocycles. The van der Waals surface area contributed by atoms with Gasteiger partial charge in [0.2, 0.25) is 17.7 Å². The van der Waals surface area contributed by atoms with Gasteiger partial charge in [0, 0.05) is 42.1 Å². The van der Waals surface area contributed by atoms with Crippen molar-refractivity contribution in [2.24, 2.45) is 0 Å². The summed E-state index contributed by atoms with van der Waals surface area (Å²) >= 11 is 1.40. The fraction of sp³-hybridized carbons (Fsp3) is 0.270. The van der Waals surface area contributed by atoms with Crippen molar-refractivity contribution in [2.45, 2.75) is 49.2 Å². The smallest absolute Gasteiger partial charge is 0.255 e. The molecule has 0 aliphatic carbocycles. The zero-order valence-corrected chi connectivity index (χ0v) is 28.3. The number of imide groups is 1. The maximum Gasteiger partial charge on any atom is 0.255 e. The van der Waals surface area contributed by atoms with Crippen LogP contribution in [-0.4, -0.2) is 78.1 Å². The first-order valence-corrected chi connectivity index (χ1v) is 17.8. The molecule has 5 aromatic rings. The van der Waals surface area contributed by atoms with E-state index in [1.807, 2.05) is 70.2 Å². The third kappa shape index (κ3) is 6.27. The number of nitrogens with zero attached hydrogens (tertiary/aromatic N) is 6. The molecule has 14 heteroatoms. The molecule has 51 heavy (non-hydrogen) atoms. The first-order valence-electron chi connectivity index (χ1n) is 16.8. The molecule has 3 N–H and O–H groups in total. The molecule has 3 aromatic carbocycles. The highest BCUT2D eigenvalue weighted by atomic mass is 32.2. The van der Waals surface area contributed by atoms with Crippen LogP contribution in [0, 0.1) is 0 Å². The third-order valence-corrected chi connectivity index (χ3v) is 10.8.